The molecule has 0 bridgehead atoms. The summed E-state index contributed by atoms with van der Waals surface area (Å²) in [5, 5.41) is 9.05. The predicted molar refractivity (Wildman–Crippen MR) is 101 cm³/mol. The van der Waals surface area contributed by atoms with Crippen LogP contribution in [0.2, 0.25) is 0 Å². The number of rotatable bonds is 3. The van der Waals surface area contributed by atoms with Crippen molar-refractivity contribution in [2.24, 2.45) is 0 Å². The molecule has 27 heavy (non-hydrogen) atoms. The van der Waals surface area contributed by atoms with Crippen molar-refractivity contribution < 1.29 is 9.13 Å². The summed E-state index contributed by atoms with van der Waals surface area (Å²) in [7, 11) is 0. The van der Waals surface area contributed by atoms with Crippen LogP contribution in [0.3, 0.4) is 0 Å². The van der Waals surface area contributed by atoms with Crippen molar-refractivity contribution in [3.63, 3.8) is 0 Å². The van der Waals surface area contributed by atoms with Gasteiger partial charge >= 0.3 is 0 Å². The van der Waals surface area contributed by atoms with E-state index < -0.39 is 0 Å². The maximum Gasteiger partial charge on any atom is 0.141 e. The molecule has 4 rings (SSSR count). The van der Waals surface area contributed by atoms with Crippen LogP contribution in [0.5, 0.6) is 5.75 Å². The quantitative estimate of drug-likeness (QED) is 0.835. The molecular formula is C21H23FN4O. The molecule has 0 radical (unpaired) electrons. The summed E-state index contributed by atoms with van der Waals surface area (Å²) in [5.74, 6) is 1.29. The average Bonchev–Trinajstić information content (AvgIpc) is 2.68. The Morgan fingerprint density at radius 3 is 2.96 bits per heavy atom. The van der Waals surface area contributed by atoms with Gasteiger partial charge in [-0.25, -0.2) is 9.37 Å². The fourth-order valence-corrected chi connectivity index (χ4v) is 4.14. The van der Waals surface area contributed by atoms with Gasteiger partial charge in [-0.15, -0.1) is 0 Å². The van der Waals surface area contributed by atoms with E-state index in [1.54, 1.807) is 18.2 Å². The summed E-state index contributed by atoms with van der Waals surface area (Å²) >= 11 is 0. The lowest BCUT2D eigenvalue weighted by Crippen LogP contribution is -2.65. The summed E-state index contributed by atoms with van der Waals surface area (Å²) in [5.41, 5.74) is 0.677. The first kappa shape index (κ1) is 17.7. The number of hydrogen-bond donors (Lipinski definition) is 0. The Morgan fingerprint density at radius 1 is 1.30 bits per heavy atom. The highest BCUT2D eigenvalue weighted by atomic mass is 19.1. The number of hydrogen-bond acceptors (Lipinski definition) is 5. The lowest BCUT2D eigenvalue weighted by Gasteiger charge is -2.53. The van der Waals surface area contributed by atoms with E-state index in [1.165, 1.54) is 12.3 Å². The van der Waals surface area contributed by atoms with Crippen molar-refractivity contribution in [3.05, 3.63) is 54.0 Å². The molecule has 1 aromatic carbocycles. The number of anilines is 1. The highest BCUT2D eigenvalue weighted by molar-refractivity contribution is 5.40. The molecular weight excluding hydrogens is 343 g/mol. The number of pyridine rings is 1. The summed E-state index contributed by atoms with van der Waals surface area (Å²) in [6, 6.07) is 12.7. The van der Waals surface area contributed by atoms with Gasteiger partial charge in [-0.2, -0.15) is 5.26 Å². The van der Waals surface area contributed by atoms with E-state index in [9.17, 15) is 4.39 Å². The number of benzene rings is 1. The topological polar surface area (TPSA) is 52.4 Å². The van der Waals surface area contributed by atoms with E-state index >= 15 is 0 Å². The summed E-state index contributed by atoms with van der Waals surface area (Å²) < 4.78 is 19.3. The Kier molecular flexibility index (Phi) is 4.71. The number of halogens is 1. The molecule has 0 aliphatic carbocycles. The van der Waals surface area contributed by atoms with Gasteiger partial charge in [0.15, 0.2) is 0 Å². The Hall–Kier alpha value is -2.65. The number of piperazine rings is 1. The highest BCUT2D eigenvalue weighted by Crippen LogP contribution is 2.34. The van der Waals surface area contributed by atoms with Crippen LogP contribution in [0, 0.1) is 17.1 Å². The molecule has 6 heteroatoms. The van der Waals surface area contributed by atoms with E-state index in [1.807, 2.05) is 12.1 Å². The van der Waals surface area contributed by atoms with Gasteiger partial charge in [0.25, 0.3) is 0 Å². The summed E-state index contributed by atoms with van der Waals surface area (Å²) in [4.78, 5) is 8.98. The third-order valence-electron chi connectivity index (χ3n) is 5.67. The second kappa shape index (κ2) is 7.16. The molecule has 0 amide bonds. The molecule has 1 aromatic heterocycles. The molecule has 2 aromatic rings. The average molecular weight is 366 g/mol. The van der Waals surface area contributed by atoms with Crippen molar-refractivity contribution >= 4 is 5.82 Å². The molecule has 2 aliphatic rings. The summed E-state index contributed by atoms with van der Waals surface area (Å²) in [6.45, 7) is 5.83. The Balaban J connectivity index is 1.41. The first-order chi connectivity index (χ1) is 13.1. The fraction of sp³-hybridized carbons (Fsp3) is 0.429. The predicted octanol–water partition coefficient (Wildman–Crippen LogP) is 3.21. The van der Waals surface area contributed by atoms with Crippen LogP contribution in [0.4, 0.5) is 10.2 Å². The first-order valence-corrected chi connectivity index (χ1v) is 9.34. The molecule has 2 aliphatic heterocycles. The molecule has 0 N–H and O–H groups in total. The lowest BCUT2D eigenvalue weighted by molar-refractivity contribution is -0.00955. The minimum Gasteiger partial charge on any atom is -0.489 e. The first-order valence-electron chi connectivity index (χ1n) is 9.34. The third kappa shape index (κ3) is 3.74. The zero-order valence-electron chi connectivity index (χ0n) is 15.4. The SMILES string of the molecule is C[C@@]12CC[C@@H](Oc3cccc(C#N)c3)CN1CCN(c1ccc(F)cn1)C2. The smallest absolute Gasteiger partial charge is 0.141 e. The van der Waals surface area contributed by atoms with E-state index in [0.717, 1.165) is 50.6 Å². The Morgan fingerprint density at radius 2 is 2.19 bits per heavy atom. The van der Waals surface area contributed by atoms with Gasteiger partial charge in [0, 0.05) is 31.7 Å². The van der Waals surface area contributed by atoms with Crippen molar-refractivity contribution in [3.8, 4) is 11.8 Å². The van der Waals surface area contributed by atoms with Crippen molar-refractivity contribution in [1.29, 1.82) is 5.26 Å². The normalized spacial score (nSPS) is 25.5. The van der Waals surface area contributed by atoms with Crippen LogP contribution < -0.4 is 9.64 Å². The van der Waals surface area contributed by atoms with Gasteiger partial charge in [-0.05, 0) is 50.1 Å². The Bertz CT molecular complexity index is 850. The maximum absolute atomic E-state index is 13.1. The Labute approximate surface area is 159 Å². The molecule has 2 fully saturated rings. The number of aromatic nitrogens is 1. The third-order valence-corrected chi connectivity index (χ3v) is 5.67. The van der Waals surface area contributed by atoms with Crippen LogP contribution in [0.25, 0.3) is 0 Å². The van der Waals surface area contributed by atoms with Gasteiger partial charge in [0.1, 0.15) is 23.5 Å². The van der Waals surface area contributed by atoms with Crippen molar-refractivity contribution in [2.75, 3.05) is 31.1 Å². The van der Waals surface area contributed by atoms with E-state index in [2.05, 4.69) is 27.8 Å². The number of nitrogens with zero attached hydrogens (tertiary/aromatic N) is 4. The summed E-state index contributed by atoms with van der Waals surface area (Å²) in [6.07, 6.45) is 3.40. The molecule has 140 valence electrons. The minimum absolute atomic E-state index is 0.0582. The van der Waals surface area contributed by atoms with Crippen LogP contribution in [0.15, 0.2) is 42.6 Å². The van der Waals surface area contributed by atoms with Crippen LogP contribution >= 0.6 is 0 Å². The van der Waals surface area contributed by atoms with Gasteiger partial charge in [-0.1, -0.05) is 6.07 Å². The molecule has 2 atom stereocenters. The second-order valence-corrected chi connectivity index (χ2v) is 7.62. The van der Waals surface area contributed by atoms with Gasteiger partial charge in [0.2, 0.25) is 0 Å². The largest absolute Gasteiger partial charge is 0.489 e. The standard InChI is InChI=1S/C21H23FN4O/c1-21-8-7-19(27-18-4-2-3-16(11-18)12-23)14-26(21)10-9-25(15-21)20-6-5-17(22)13-24-20/h2-6,11,13,19H,7-10,14-15H2,1H3/t19-,21+/m1/s1. The molecule has 3 heterocycles. The minimum atomic E-state index is -0.304. The van der Waals surface area contributed by atoms with E-state index in [-0.39, 0.29) is 17.5 Å². The van der Waals surface area contributed by atoms with Crippen LogP contribution in [-0.4, -0.2) is 47.7 Å². The van der Waals surface area contributed by atoms with E-state index in [4.69, 9.17) is 10.00 Å². The number of ether oxygens (including phenoxy) is 1. The maximum atomic E-state index is 13.1. The van der Waals surface area contributed by atoms with Crippen LogP contribution in [0.1, 0.15) is 25.3 Å². The van der Waals surface area contributed by atoms with Crippen molar-refractivity contribution in [1.82, 2.24) is 9.88 Å². The van der Waals surface area contributed by atoms with Gasteiger partial charge < -0.3 is 9.64 Å². The fourth-order valence-electron chi connectivity index (χ4n) is 4.14. The number of nitriles is 1. The highest BCUT2D eigenvalue weighted by Gasteiger charge is 2.42. The second-order valence-electron chi connectivity index (χ2n) is 7.62. The molecule has 0 saturated carbocycles. The molecule has 2 saturated heterocycles. The van der Waals surface area contributed by atoms with Gasteiger partial charge in [-0.3, -0.25) is 4.90 Å². The van der Waals surface area contributed by atoms with Crippen molar-refractivity contribution in [2.45, 2.75) is 31.4 Å². The van der Waals surface area contributed by atoms with E-state index in [0.29, 0.717) is 5.56 Å². The lowest BCUT2D eigenvalue weighted by atomic mass is 9.85. The van der Waals surface area contributed by atoms with Gasteiger partial charge in [0.05, 0.1) is 17.8 Å². The monoisotopic (exact) mass is 366 g/mol. The molecule has 0 unspecified atom stereocenters. The zero-order chi connectivity index (χ0) is 18.9. The number of fused-ring (bicyclic) bond motifs is 1. The molecule has 5 nitrogen and oxygen atoms in total. The van der Waals surface area contributed by atoms with Crippen LogP contribution in [-0.2, 0) is 0 Å². The molecule has 0 spiro atoms. The zero-order valence-corrected chi connectivity index (χ0v) is 15.4. The number of piperidine rings is 1.